The molecular weight excluding hydrogens is 132 g/mol. The van der Waals surface area contributed by atoms with Gasteiger partial charge in [0, 0.05) is 13.2 Å². The Kier molecular flexibility index (Phi) is 0.873. The minimum Gasteiger partial charge on any atom is -0.341 e. The maximum atomic E-state index is 4.01. The number of hydrogen-bond donors (Lipinski definition) is 0. The zero-order chi connectivity index (χ0) is 6.27. The van der Waals surface area contributed by atoms with Crippen molar-refractivity contribution in [3.8, 4) is 0 Å². The molecule has 0 N–H and O–H groups in total. The van der Waals surface area contributed by atoms with E-state index in [-0.39, 0.29) is 0 Å². The smallest absolute Gasteiger partial charge is 0.154 e. The van der Waals surface area contributed by atoms with Crippen LogP contribution in [-0.2, 0) is 7.05 Å². The van der Waals surface area contributed by atoms with Crippen molar-refractivity contribution in [2.24, 2.45) is 7.05 Å². The molecule has 0 aliphatic heterocycles. The summed E-state index contributed by atoms with van der Waals surface area (Å²) in [4.78, 5) is 5.20. The third-order valence-electron chi connectivity index (χ3n) is 1.30. The second-order valence-corrected chi connectivity index (χ2v) is 2.70. The van der Waals surface area contributed by atoms with Crippen LogP contribution >= 0.6 is 11.3 Å². The van der Waals surface area contributed by atoms with E-state index in [0.29, 0.717) is 0 Å². The van der Waals surface area contributed by atoms with Crippen LogP contribution in [0.15, 0.2) is 12.3 Å². The molecule has 0 aliphatic rings. The molecule has 0 bridgehead atoms. The van der Waals surface area contributed by atoms with Crippen molar-refractivity contribution in [2.45, 2.75) is 0 Å². The zero-order valence-electron chi connectivity index (χ0n) is 4.96. The fraction of sp³-hybridized carbons (Fsp3) is 0.167. The summed E-state index contributed by atoms with van der Waals surface area (Å²) in [5.41, 5.74) is 3.87. The van der Waals surface area contributed by atoms with E-state index < -0.39 is 0 Å². The van der Waals surface area contributed by atoms with E-state index in [9.17, 15) is 0 Å². The Morgan fingerprint density at radius 2 is 2.67 bits per heavy atom. The summed E-state index contributed by atoms with van der Waals surface area (Å²) in [6.07, 6.45) is 2.00. The summed E-state index contributed by atoms with van der Waals surface area (Å²) >= 11 is 1.55. The Morgan fingerprint density at radius 1 is 1.78 bits per heavy atom. The molecule has 0 fully saturated rings. The fourth-order valence-electron chi connectivity index (χ4n) is 0.827. The van der Waals surface area contributed by atoms with Crippen LogP contribution in [0.2, 0.25) is 0 Å². The van der Waals surface area contributed by atoms with Crippen LogP contribution in [0.1, 0.15) is 0 Å². The Hall–Kier alpha value is -0.830. The highest BCUT2D eigenvalue weighted by Gasteiger charge is 1.97. The molecule has 45 valence electrons. The number of nitrogens with zero attached hydrogens (tertiary/aromatic N) is 2. The Morgan fingerprint density at radius 3 is 3.44 bits per heavy atom. The molecule has 2 nitrogen and oxygen atoms in total. The molecule has 0 atom stereocenters. The van der Waals surface area contributed by atoms with Gasteiger partial charge in [-0.15, -0.1) is 0 Å². The minimum atomic E-state index is 1.04. The molecule has 0 unspecified atom stereocenters. The number of hydrogen-bond acceptors (Lipinski definition) is 2. The van der Waals surface area contributed by atoms with E-state index in [2.05, 4.69) is 10.5 Å². The van der Waals surface area contributed by atoms with Crippen molar-refractivity contribution >= 4 is 21.7 Å². The minimum absolute atomic E-state index is 1.04. The first kappa shape index (κ1) is 4.99. The van der Waals surface area contributed by atoms with Crippen LogP contribution in [0.3, 0.4) is 0 Å². The van der Waals surface area contributed by atoms with E-state index in [1.54, 1.807) is 11.3 Å². The molecule has 2 heterocycles. The molecule has 0 aromatic carbocycles. The summed E-state index contributed by atoms with van der Waals surface area (Å²) in [6.45, 7) is 0. The lowest BCUT2D eigenvalue weighted by Gasteiger charge is -1.84. The third-order valence-corrected chi connectivity index (χ3v) is 2.18. The highest BCUT2D eigenvalue weighted by atomic mass is 32.1. The molecule has 0 saturated heterocycles. The number of aryl methyl sites for hydroxylation is 1. The molecule has 2 rings (SSSR count). The van der Waals surface area contributed by atoms with Crippen LogP contribution < -0.4 is 0 Å². The highest BCUT2D eigenvalue weighted by molar-refractivity contribution is 7.15. The first-order valence-electron chi connectivity index (χ1n) is 2.66. The van der Waals surface area contributed by atoms with E-state index in [4.69, 9.17) is 0 Å². The maximum absolute atomic E-state index is 4.01. The SMILES string of the molecule is Cn1ccc2n[c]sc21. The van der Waals surface area contributed by atoms with Crippen molar-refractivity contribution < 1.29 is 0 Å². The van der Waals surface area contributed by atoms with Gasteiger partial charge in [-0.05, 0) is 6.07 Å². The van der Waals surface area contributed by atoms with Crippen LogP contribution in [0.4, 0.5) is 0 Å². The van der Waals surface area contributed by atoms with Crippen molar-refractivity contribution in [2.75, 3.05) is 0 Å². The van der Waals surface area contributed by atoms with Crippen LogP contribution in [0, 0.1) is 5.51 Å². The Labute approximate surface area is 56.8 Å². The average molecular weight is 137 g/mol. The number of rotatable bonds is 0. The summed E-state index contributed by atoms with van der Waals surface area (Å²) in [6, 6.07) is 1.99. The largest absolute Gasteiger partial charge is 0.341 e. The monoisotopic (exact) mass is 137 g/mol. The highest BCUT2D eigenvalue weighted by Crippen LogP contribution is 2.16. The van der Waals surface area contributed by atoms with Gasteiger partial charge in [-0.1, -0.05) is 11.3 Å². The van der Waals surface area contributed by atoms with E-state index in [0.717, 1.165) is 5.52 Å². The van der Waals surface area contributed by atoms with Gasteiger partial charge >= 0.3 is 0 Å². The zero-order valence-corrected chi connectivity index (χ0v) is 5.77. The lowest BCUT2D eigenvalue weighted by molar-refractivity contribution is 0.978. The topological polar surface area (TPSA) is 17.8 Å². The predicted octanol–water partition coefficient (Wildman–Crippen LogP) is 1.43. The van der Waals surface area contributed by atoms with Crippen molar-refractivity contribution in [3.05, 3.63) is 17.8 Å². The quantitative estimate of drug-likeness (QED) is 0.537. The van der Waals surface area contributed by atoms with E-state index >= 15 is 0 Å². The molecule has 3 heteroatoms. The molecule has 9 heavy (non-hydrogen) atoms. The predicted molar refractivity (Wildman–Crippen MR) is 37.4 cm³/mol. The maximum Gasteiger partial charge on any atom is 0.154 e. The van der Waals surface area contributed by atoms with Gasteiger partial charge in [-0.25, -0.2) is 4.98 Å². The lowest BCUT2D eigenvalue weighted by atomic mass is 10.6. The molecule has 0 saturated carbocycles. The van der Waals surface area contributed by atoms with Crippen LogP contribution in [-0.4, -0.2) is 9.55 Å². The molecule has 1 radical (unpaired) electrons. The number of fused-ring (bicyclic) bond motifs is 1. The van der Waals surface area contributed by atoms with Gasteiger partial charge in [0.05, 0.1) is 0 Å². The molecular formula is C6H5N2S. The van der Waals surface area contributed by atoms with Gasteiger partial charge in [0.15, 0.2) is 5.51 Å². The second-order valence-electron chi connectivity index (χ2n) is 1.92. The number of aromatic nitrogens is 2. The summed E-state index contributed by atoms with van der Waals surface area (Å²) in [7, 11) is 2.01. The van der Waals surface area contributed by atoms with Crippen LogP contribution in [0.5, 0.6) is 0 Å². The summed E-state index contributed by atoms with van der Waals surface area (Å²) in [5, 5.41) is 0. The van der Waals surface area contributed by atoms with Crippen molar-refractivity contribution in [3.63, 3.8) is 0 Å². The first-order chi connectivity index (χ1) is 4.38. The lowest BCUT2D eigenvalue weighted by Crippen LogP contribution is -1.78. The fourth-order valence-corrected chi connectivity index (χ4v) is 1.48. The molecule has 0 amide bonds. The molecule has 0 spiro atoms. The van der Waals surface area contributed by atoms with Crippen molar-refractivity contribution in [1.82, 2.24) is 9.55 Å². The standard InChI is InChI=1S/C6H5N2S/c1-8-3-2-5-6(8)9-4-7-5/h2-3H,1H3. The number of thiazole rings is 1. The van der Waals surface area contributed by atoms with Crippen LogP contribution in [0.25, 0.3) is 10.3 Å². The molecule has 2 aromatic rings. The van der Waals surface area contributed by atoms with Crippen molar-refractivity contribution in [1.29, 1.82) is 0 Å². The molecule has 0 aliphatic carbocycles. The van der Waals surface area contributed by atoms with E-state index in [1.165, 1.54) is 4.83 Å². The third kappa shape index (κ3) is 0.580. The van der Waals surface area contributed by atoms with Gasteiger partial charge in [-0.2, -0.15) is 0 Å². The summed E-state index contributed by atoms with van der Waals surface area (Å²) < 4.78 is 2.05. The Balaban J connectivity index is 2.99. The second kappa shape index (κ2) is 1.57. The summed E-state index contributed by atoms with van der Waals surface area (Å²) in [5.74, 6) is 0. The normalized spacial score (nSPS) is 10.8. The molecule has 2 aromatic heterocycles. The van der Waals surface area contributed by atoms with Gasteiger partial charge in [0.1, 0.15) is 10.3 Å². The van der Waals surface area contributed by atoms with Gasteiger partial charge in [-0.3, -0.25) is 0 Å². The first-order valence-corrected chi connectivity index (χ1v) is 3.47. The van der Waals surface area contributed by atoms with E-state index in [1.807, 2.05) is 23.9 Å². The van der Waals surface area contributed by atoms with Gasteiger partial charge in [0.25, 0.3) is 0 Å². The average Bonchev–Trinajstić information content (AvgIpc) is 2.35. The van der Waals surface area contributed by atoms with Gasteiger partial charge < -0.3 is 4.57 Å². The van der Waals surface area contributed by atoms with Gasteiger partial charge in [0.2, 0.25) is 0 Å². The Bertz CT molecular complexity index is 320.